The molecule has 0 saturated heterocycles. The Kier molecular flexibility index (Phi) is 4.69. The first-order valence-electron chi connectivity index (χ1n) is 5.42. The predicted octanol–water partition coefficient (Wildman–Crippen LogP) is 2.00. The van der Waals surface area contributed by atoms with Gasteiger partial charge in [-0.2, -0.15) is 0 Å². The largest absolute Gasteiger partial charge is 0.496 e. The third-order valence-corrected chi connectivity index (χ3v) is 2.30. The Balaban J connectivity index is 2.90. The van der Waals surface area contributed by atoms with Crippen LogP contribution in [0.4, 0.5) is 0 Å². The average molecular weight is 236 g/mol. The van der Waals surface area contributed by atoms with Gasteiger partial charge in [0.1, 0.15) is 5.75 Å². The van der Waals surface area contributed by atoms with Crippen LogP contribution in [0, 0.1) is 0 Å². The van der Waals surface area contributed by atoms with Crippen molar-refractivity contribution < 1.29 is 19.1 Å². The van der Waals surface area contributed by atoms with E-state index < -0.39 is 0 Å². The molecule has 0 bridgehead atoms. The number of Topliss-reactive ketones (excluding diaryl/α,β-unsaturated/α-hetero) is 1. The highest BCUT2D eigenvalue weighted by atomic mass is 16.5. The first-order valence-corrected chi connectivity index (χ1v) is 5.42. The monoisotopic (exact) mass is 236 g/mol. The Morgan fingerprint density at radius 2 is 2.00 bits per heavy atom. The zero-order chi connectivity index (χ0) is 12.8. The Morgan fingerprint density at radius 3 is 2.53 bits per heavy atom. The first kappa shape index (κ1) is 13.2. The van der Waals surface area contributed by atoms with E-state index in [-0.39, 0.29) is 18.2 Å². The number of hydrogen-bond acceptors (Lipinski definition) is 4. The molecule has 1 aromatic carbocycles. The molecule has 0 amide bonds. The lowest BCUT2D eigenvalue weighted by molar-refractivity contribution is -0.142. The molecule has 0 N–H and O–H groups in total. The van der Waals surface area contributed by atoms with Gasteiger partial charge in [-0.1, -0.05) is 6.07 Å². The molecule has 0 aliphatic carbocycles. The van der Waals surface area contributed by atoms with E-state index in [0.717, 1.165) is 5.56 Å². The minimum Gasteiger partial charge on any atom is -0.496 e. The van der Waals surface area contributed by atoms with Crippen molar-refractivity contribution in [3.8, 4) is 5.75 Å². The van der Waals surface area contributed by atoms with Gasteiger partial charge < -0.3 is 9.47 Å². The second-order valence-electron chi connectivity index (χ2n) is 3.57. The number of carbonyl (C=O) groups excluding carboxylic acids is 2. The molecule has 0 aliphatic heterocycles. The van der Waals surface area contributed by atoms with E-state index >= 15 is 0 Å². The van der Waals surface area contributed by atoms with E-state index in [4.69, 9.17) is 9.47 Å². The van der Waals surface area contributed by atoms with Crippen molar-refractivity contribution in [3.63, 3.8) is 0 Å². The molecule has 0 saturated carbocycles. The molecular formula is C13H16O4. The number of ether oxygens (including phenoxy) is 2. The van der Waals surface area contributed by atoms with Crippen LogP contribution >= 0.6 is 0 Å². The van der Waals surface area contributed by atoms with E-state index in [0.29, 0.717) is 17.9 Å². The predicted molar refractivity (Wildman–Crippen MR) is 63.3 cm³/mol. The normalized spacial score (nSPS) is 9.82. The average Bonchev–Trinajstić information content (AvgIpc) is 2.28. The molecule has 17 heavy (non-hydrogen) atoms. The molecule has 0 unspecified atom stereocenters. The fourth-order valence-corrected chi connectivity index (χ4v) is 1.52. The summed E-state index contributed by atoms with van der Waals surface area (Å²) in [6, 6.07) is 5.08. The quantitative estimate of drug-likeness (QED) is 0.579. The van der Waals surface area contributed by atoms with Crippen LogP contribution in [0.5, 0.6) is 5.75 Å². The summed E-state index contributed by atoms with van der Waals surface area (Å²) in [5.74, 6) is 0.133. The molecule has 1 aromatic rings. The van der Waals surface area contributed by atoms with Gasteiger partial charge in [-0.15, -0.1) is 0 Å². The molecule has 92 valence electrons. The lowest BCUT2D eigenvalue weighted by Crippen LogP contribution is -2.08. The van der Waals surface area contributed by atoms with Gasteiger partial charge in [-0.3, -0.25) is 9.59 Å². The third kappa shape index (κ3) is 3.59. The SMILES string of the molecule is CCOC(=O)Cc1ccc(C(C)=O)c(OC)c1. The van der Waals surface area contributed by atoms with Crippen molar-refractivity contribution in [2.75, 3.05) is 13.7 Å². The van der Waals surface area contributed by atoms with E-state index in [1.165, 1.54) is 14.0 Å². The highest BCUT2D eigenvalue weighted by Crippen LogP contribution is 2.21. The summed E-state index contributed by atoms with van der Waals surface area (Å²) < 4.78 is 9.97. The van der Waals surface area contributed by atoms with Crippen molar-refractivity contribution in [3.05, 3.63) is 29.3 Å². The minimum absolute atomic E-state index is 0.0652. The molecule has 0 fully saturated rings. The zero-order valence-electron chi connectivity index (χ0n) is 10.3. The molecule has 0 spiro atoms. The highest BCUT2D eigenvalue weighted by Gasteiger charge is 2.10. The lowest BCUT2D eigenvalue weighted by atomic mass is 10.1. The Hall–Kier alpha value is -1.84. The van der Waals surface area contributed by atoms with E-state index in [2.05, 4.69) is 0 Å². The van der Waals surface area contributed by atoms with Crippen LogP contribution in [-0.4, -0.2) is 25.5 Å². The number of carbonyl (C=O) groups is 2. The maximum absolute atomic E-state index is 11.3. The Bertz CT molecular complexity index is 423. The fraction of sp³-hybridized carbons (Fsp3) is 0.385. The van der Waals surface area contributed by atoms with Gasteiger partial charge in [-0.05, 0) is 31.5 Å². The zero-order valence-corrected chi connectivity index (χ0v) is 10.3. The summed E-state index contributed by atoms with van der Waals surface area (Å²) in [5, 5.41) is 0. The first-order chi connectivity index (χ1) is 8.08. The summed E-state index contributed by atoms with van der Waals surface area (Å²) in [5.41, 5.74) is 1.28. The van der Waals surface area contributed by atoms with Crippen molar-refractivity contribution in [1.82, 2.24) is 0 Å². The van der Waals surface area contributed by atoms with Crippen LogP contribution in [0.15, 0.2) is 18.2 Å². The number of benzene rings is 1. The highest BCUT2D eigenvalue weighted by molar-refractivity contribution is 5.97. The van der Waals surface area contributed by atoms with Gasteiger partial charge in [0.15, 0.2) is 5.78 Å². The second kappa shape index (κ2) is 6.03. The standard InChI is InChI=1S/C13H16O4/c1-4-17-13(15)8-10-5-6-11(9(2)14)12(7-10)16-3/h5-7H,4,8H2,1-3H3. The molecule has 1 rings (SSSR count). The summed E-state index contributed by atoms with van der Waals surface area (Å²) in [6.45, 7) is 3.60. The van der Waals surface area contributed by atoms with Gasteiger partial charge in [0, 0.05) is 0 Å². The van der Waals surface area contributed by atoms with Gasteiger partial charge in [0.05, 0.1) is 25.7 Å². The van der Waals surface area contributed by atoms with Crippen molar-refractivity contribution in [1.29, 1.82) is 0 Å². The van der Waals surface area contributed by atoms with Crippen LogP contribution in [0.3, 0.4) is 0 Å². The molecule has 4 heteroatoms. The molecule has 0 atom stereocenters. The van der Waals surface area contributed by atoms with E-state index in [1.807, 2.05) is 0 Å². The summed E-state index contributed by atoms with van der Waals surface area (Å²) in [7, 11) is 1.50. The third-order valence-electron chi connectivity index (χ3n) is 2.30. The number of methoxy groups -OCH3 is 1. The number of esters is 1. The van der Waals surface area contributed by atoms with Crippen LogP contribution < -0.4 is 4.74 Å². The summed E-state index contributed by atoms with van der Waals surface area (Å²) in [4.78, 5) is 22.6. The van der Waals surface area contributed by atoms with Crippen molar-refractivity contribution >= 4 is 11.8 Å². The van der Waals surface area contributed by atoms with Crippen molar-refractivity contribution in [2.45, 2.75) is 20.3 Å². The smallest absolute Gasteiger partial charge is 0.310 e. The topological polar surface area (TPSA) is 52.6 Å². The summed E-state index contributed by atoms with van der Waals surface area (Å²) >= 11 is 0. The van der Waals surface area contributed by atoms with Gasteiger partial charge in [0.2, 0.25) is 0 Å². The minimum atomic E-state index is -0.287. The number of hydrogen-bond donors (Lipinski definition) is 0. The molecule has 0 aromatic heterocycles. The molecular weight excluding hydrogens is 220 g/mol. The van der Waals surface area contributed by atoms with Gasteiger partial charge >= 0.3 is 5.97 Å². The molecule has 0 radical (unpaired) electrons. The number of rotatable bonds is 5. The van der Waals surface area contributed by atoms with Crippen LogP contribution in [0.2, 0.25) is 0 Å². The van der Waals surface area contributed by atoms with Crippen LogP contribution in [-0.2, 0) is 16.0 Å². The maximum atomic E-state index is 11.3. The second-order valence-corrected chi connectivity index (χ2v) is 3.57. The lowest BCUT2D eigenvalue weighted by Gasteiger charge is -2.08. The fourth-order valence-electron chi connectivity index (χ4n) is 1.52. The van der Waals surface area contributed by atoms with Gasteiger partial charge in [0.25, 0.3) is 0 Å². The molecule has 4 nitrogen and oxygen atoms in total. The van der Waals surface area contributed by atoms with Crippen LogP contribution in [0.25, 0.3) is 0 Å². The molecule has 0 heterocycles. The molecule has 0 aliphatic rings. The summed E-state index contributed by atoms with van der Waals surface area (Å²) in [6.07, 6.45) is 0.183. The Morgan fingerprint density at radius 1 is 1.29 bits per heavy atom. The van der Waals surface area contributed by atoms with E-state index in [1.54, 1.807) is 25.1 Å². The Labute approximate surface area is 101 Å². The van der Waals surface area contributed by atoms with Gasteiger partial charge in [-0.25, -0.2) is 0 Å². The van der Waals surface area contributed by atoms with Crippen LogP contribution in [0.1, 0.15) is 29.8 Å². The number of ketones is 1. The maximum Gasteiger partial charge on any atom is 0.310 e. The van der Waals surface area contributed by atoms with E-state index in [9.17, 15) is 9.59 Å². The van der Waals surface area contributed by atoms with Crippen molar-refractivity contribution in [2.24, 2.45) is 0 Å².